The van der Waals surface area contributed by atoms with Crippen LogP contribution in [0, 0.1) is 10.7 Å². The fraction of sp³-hybridized carbons (Fsp3) is 0.640. The van der Waals surface area contributed by atoms with Gasteiger partial charge in [0.1, 0.15) is 0 Å². The van der Waals surface area contributed by atoms with Gasteiger partial charge in [0.25, 0.3) is 11.5 Å². The lowest BCUT2D eigenvalue weighted by Crippen LogP contribution is -2.58. The second kappa shape index (κ2) is 9.87. The van der Waals surface area contributed by atoms with E-state index >= 15 is 0 Å². The third kappa shape index (κ3) is 4.84. The van der Waals surface area contributed by atoms with Gasteiger partial charge in [-0.15, -0.1) is 0 Å². The molecule has 0 radical (unpaired) electrons. The minimum atomic E-state index is -0.101. The summed E-state index contributed by atoms with van der Waals surface area (Å²) in [7, 11) is 0. The molecule has 0 atom stereocenters. The van der Waals surface area contributed by atoms with Crippen LogP contribution in [0.15, 0.2) is 23.0 Å². The summed E-state index contributed by atoms with van der Waals surface area (Å²) in [5, 5.41) is 3.80. The zero-order valence-electron chi connectivity index (χ0n) is 19.4. The van der Waals surface area contributed by atoms with Crippen molar-refractivity contribution in [1.29, 1.82) is 0 Å². The minimum absolute atomic E-state index is 0.0838. The van der Waals surface area contributed by atoms with Crippen molar-refractivity contribution in [3.05, 3.63) is 38.9 Å². The maximum absolute atomic E-state index is 13.1. The normalized spacial score (nSPS) is 19.3. The summed E-state index contributed by atoms with van der Waals surface area (Å²) in [5.74, 6) is 0.233. The summed E-state index contributed by atoms with van der Waals surface area (Å²) >= 11 is 5.42. The summed E-state index contributed by atoms with van der Waals surface area (Å²) in [4.78, 5) is 31.8. The average molecular weight is 457 g/mol. The Bertz CT molecular complexity index is 1080. The molecule has 7 heteroatoms. The van der Waals surface area contributed by atoms with E-state index in [4.69, 9.17) is 12.2 Å². The molecule has 1 saturated carbocycles. The molecule has 1 aromatic heterocycles. The van der Waals surface area contributed by atoms with Gasteiger partial charge in [-0.25, -0.2) is 0 Å². The monoisotopic (exact) mass is 456 g/mol. The lowest BCUT2D eigenvalue weighted by atomic mass is 9.79. The number of benzene rings is 1. The third-order valence-electron chi connectivity index (χ3n) is 7.18. The van der Waals surface area contributed by atoms with Crippen LogP contribution in [-0.4, -0.2) is 45.5 Å². The summed E-state index contributed by atoms with van der Waals surface area (Å²) in [6.45, 7) is 7.67. The van der Waals surface area contributed by atoms with Gasteiger partial charge in [-0.05, 0) is 75.1 Å². The number of carbonyl (C=O) groups is 1. The zero-order valence-corrected chi connectivity index (χ0v) is 20.2. The lowest BCUT2D eigenvalue weighted by molar-refractivity contribution is 0.0326. The van der Waals surface area contributed by atoms with Gasteiger partial charge in [-0.3, -0.25) is 19.1 Å². The highest BCUT2D eigenvalue weighted by molar-refractivity contribution is 7.71. The molecule has 1 aliphatic heterocycles. The number of hydrogen-bond acceptors (Lipinski definition) is 4. The molecule has 4 rings (SSSR count). The number of H-pyrrole nitrogens is 1. The van der Waals surface area contributed by atoms with Gasteiger partial charge in [0, 0.05) is 24.2 Å². The van der Waals surface area contributed by atoms with Crippen LogP contribution in [0.4, 0.5) is 0 Å². The highest BCUT2D eigenvalue weighted by Gasteiger charge is 2.38. The molecule has 0 spiro atoms. The van der Waals surface area contributed by atoms with Gasteiger partial charge in [0.2, 0.25) is 0 Å². The molecule has 1 aromatic carbocycles. The lowest BCUT2D eigenvalue weighted by Gasteiger charge is -2.48. The summed E-state index contributed by atoms with van der Waals surface area (Å²) < 4.78 is 2.01. The molecule has 2 aromatic rings. The molecule has 0 unspecified atom stereocenters. The van der Waals surface area contributed by atoms with E-state index in [1.165, 1.54) is 38.5 Å². The number of nitrogens with one attached hydrogen (secondary N) is 2. The quantitative estimate of drug-likeness (QED) is 0.622. The van der Waals surface area contributed by atoms with E-state index in [0.717, 1.165) is 25.9 Å². The maximum atomic E-state index is 13.1. The van der Waals surface area contributed by atoms with Gasteiger partial charge in [-0.2, -0.15) is 0 Å². The van der Waals surface area contributed by atoms with Crippen molar-refractivity contribution in [2.45, 2.75) is 77.3 Å². The largest absolute Gasteiger partial charge is 0.350 e. The number of likely N-dealkylation sites (tertiary alicyclic amines) is 1. The van der Waals surface area contributed by atoms with E-state index in [1.54, 1.807) is 22.8 Å². The first-order valence-electron chi connectivity index (χ1n) is 12.2. The van der Waals surface area contributed by atoms with Crippen LogP contribution in [-0.2, 0) is 6.54 Å². The van der Waals surface area contributed by atoms with Crippen LogP contribution in [0.25, 0.3) is 10.9 Å². The van der Waals surface area contributed by atoms with Crippen molar-refractivity contribution >= 4 is 29.0 Å². The van der Waals surface area contributed by atoms with Crippen molar-refractivity contribution in [2.24, 2.45) is 5.92 Å². The van der Waals surface area contributed by atoms with Crippen LogP contribution < -0.4 is 10.9 Å². The summed E-state index contributed by atoms with van der Waals surface area (Å²) in [5.41, 5.74) is 1.18. The highest BCUT2D eigenvalue weighted by Crippen LogP contribution is 2.35. The molecule has 1 saturated heterocycles. The van der Waals surface area contributed by atoms with E-state index in [-0.39, 0.29) is 17.0 Å². The van der Waals surface area contributed by atoms with E-state index in [0.29, 0.717) is 40.2 Å². The number of carbonyl (C=O) groups excluding carboxylic acids is 1. The summed E-state index contributed by atoms with van der Waals surface area (Å²) in [6, 6.07) is 5.26. The number of piperidine rings is 1. The first kappa shape index (κ1) is 23.2. The second-order valence-corrected chi connectivity index (χ2v) is 10.4. The average Bonchev–Trinajstić information content (AvgIpc) is 2.81. The van der Waals surface area contributed by atoms with Crippen molar-refractivity contribution in [2.75, 3.05) is 19.6 Å². The molecule has 2 N–H and O–H groups in total. The van der Waals surface area contributed by atoms with Crippen LogP contribution in [0.1, 0.15) is 75.6 Å². The number of nitrogens with zero attached hydrogens (tertiary/aromatic N) is 2. The van der Waals surface area contributed by atoms with Gasteiger partial charge in [-0.1, -0.05) is 39.5 Å². The number of aromatic nitrogens is 2. The zero-order chi connectivity index (χ0) is 22.7. The van der Waals surface area contributed by atoms with Gasteiger partial charge >= 0.3 is 0 Å². The van der Waals surface area contributed by atoms with E-state index in [1.807, 2.05) is 0 Å². The molecule has 0 bridgehead atoms. The maximum Gasteiger partial charge on any atom is 0.262 e. The van der Waals surface area contributed by atoms with Gasteiger partial charge < -0.3 is 10.3 Å². The Morgan fingerprint density at radius 2 is 1.81 bits per heavy atom. The van der Waals surface area contributed by atoms with Crippen LogP contribution in [0.2, 0.25) is 0 Å². The molecular weight excluding hydrogens is 420 g/mol. The fourth-order valence-corrected chi connectivity index (χ4v) is 5.72. The van der Waals surface area contributed by atoms with E-state index < -0.39 is 0 Å². The molecule has 1 amide bonds. The Balaban J connectivity index is 1.54. The highest BCUT2D eigenvalue weighted by atomic mass is 32.1. The van der Waals surface area contributed by atoms with E-state index in [2.05, 4.69) is 29.0 Å². The number of fused-ring (bicyclic) bond motifs is 1. The molecule has 174 valence electrons. The molecule has 1 aliphatic carbocycles. The first-order valence-corrected chi connectivity index (χ1v) is 12.6. The minimum Gasteiger partial charge on any atom is -0.350 e. The second-order valence-electron chi connectivity index (χ2n) is 10.0. The van der Waals surface area contributed by atoms with Crippen molar-refractivity contribution in [1.82, 2.24) is 19.8 Å². The number of hydrogen-bond donors (Lipinski definition) is 2. The first-order chi connectivity index (χ1) is 15.4. The number of aromatic amines is 1. The number of rotatable bonds is 6. The Morgan fingerprint density at radius 3 is 2.50 bits per heavy atom. The Morgan fingerprint density at radius 1 is 1.12 bits per heavy atom. The molecule has 32 heavy (non-hydrogen) atoms. The Hall–Kier alpha value is -1.99. The van der Waals surface area contributed by atoms with Crippen molar-refractivity contribution in [3.8, 4) is 0 Å². The van der Waals surface area contributed by atoms with E-state index in [9.17, 15) is 9.59 Å². The molecular formula is C25H36N4O2S. The van der Waals surface area contributed by atoms with Crippen molar-refractivity contribution in [3.63, 3.8) is 0 Å². The summed E-state index contributed by atoms with van der Waals surface area (Å²) in [6.07, 6.45) is 9.92. The fourth-order valence-electron chi connectivity index (χ4n) is 5.46. The predicted octanol–water partition coefficient (Wildman–Crippen LogP) is 4.63. The van der Waals surface area contributed by atoms with Crippen LogP contribution >= 0.6 is 12.2 Å². The van der Waals surface area contributed by atoms with Crippen LogP contribution in [0.3, 0.4) is 0 Å². The molecule has 2 fully saturated rings. The Kier molecular flexibility index (Phi) is 7.15. The Labute approximate surface area is 195 Å². The number of amides is 1. The predicted molar refractivity (Wildman–Crippen MR) is 132 cm³/mol. The molecule has 2 aliphatic rings. The smallest absolute Gasteiger partial charge is 0.262 e. The van der Waals surface area contributed by atoms with Gasteiger partial charge in [0.15, 0.2) is 4.77 Å². The SMILES string of the molecule is CC(C)Cn1c(=S)[nH]c2cc(C(=O)NCC3(N4CCCCC4)CCCCC3)ccc2c1=O. The van der Waals surface area contributed by atoms with Crippen LogP contribution in [0.5, 0.6) is 0 Å². The molecule has 6 nitrogen and oxygen atoms in total. The standard InChI is InChI=1S/C25H36N4O2S/c1-18(2)16-29-23(31)20-10-9-19(15-21(20)27-24(29)32)22(30)26-17-25(11-5-3-6-12-25)28-13-7-4-8-14-28/h9-10,15,18H,3-8,11-14,16-17H2,1-2H3,(H,26,30)(H,27,32). The topological polar surface area (TPSA) is 70.1 Å². The van der Waals surface area contributed by atoms with Gasteiger partial charge in [0.05, 0.1) is 10.9 Å². The van der Waals surface area contributed by atoms with Crippen molar-refractivity contribution < 1.29 is 4.79 Å². The third-order valence-corrected chi connectivity index (χ3v) is 7.50. The molecule has 2 heterocycles.